The first kappa shape index (κ1) is 11.8. The smallest absolute Gasteiger partial charge is 0.224 e. The van der Waals surface area contributed by atoms with E-state index in [9.17, 15) is 0 Å². The molecule has 0 saturated carbocycles. The molecule has 2 N–H and O–H groups in total. The molecule has 5 nitrogen and oxygen atoms in total. The van der Waals surface area contributed by atoms with Crippen molar-refractivity contribution in [1.29, 1.82) is 0 Å². The summed E-state index contributed by atoms with van der Waals surface area (Å²) >= 11 is 1.63. The molecule has 2 rings (SSSR count). The molecule has 6 heteroatoms. The van der Waals surface area contributed by atoms with Crippen LogP contribution in [-0.4, -0.2) is 21.5 Å². The first-order chi connectivity index (χ1) is 8.29. The Balaban J connectivity index is 2.06. The Morgan fingerprint density at radius 3 is 2.88 bits per heavy atom. The zero-order valence-corrected chi connectivity index (χ0v) is 10.7. The minimum absolute atomic E-state index is 0.653. The molecule has 2 heterocycles. The van der Waals surface area contributed by atoms with Gasteiger partial charge < -0.3 is 10.6 Å². The van der Waals surface area contributed by atoms with Crippen molar-refractivity contribution in [3.05, 3.63) is 28.3 Å². The lowest BCUT2D eigenvalue weighted by Gasteiger charge is -2.08. The zero-order chi connectivity index (χ0) is 12.1. The number of nitrogens with one attached hydrogen (secondary N) is 2. The van der Waals surface area contributed by atoms with Crippen LogP contribution in [-0.2, 0) is 6.54 Å². The molecule has 0 saturated heterocycles. The van der Waals surface area contributed by atoms with E-state index in [1.165, 1.54) is 0 Å². The fraction of sp³-hybridized carbons (Fsp3) is 0.364. The van der Waals surface area contributed by atoms with Crippen molar-refractivity contribution in [2.75, 3.05) is 17.2 Å². The van der Waals surface area contributed by atoms with Crippen molar-refractivity contribution in [3.8, 4) is 0 Å². The first-order valence-electron chi connectivity index (χ1n) is 5.49. The minimum Gasteiger partial charge on any atom is -0.363 e. The molecule has 0 fully saturated rings. The van der Waals surface area contributed by atoms with Gasteiger partial charge in [-0.3, -0.25) is 0 Å². The molecule has 2 aromatic rings. The van der Waals surface area contributed by atoms with Crippen LogP contribution in [0, 0.1) is 6.92 Å². The lowest BCUT2D eigenvalue weighted by molar-refractivity contribution is 1.03. The maximum Gasteiger partial charge on any atom is 0.224 e. The monoisotopic (exact) mass is 249 g/mol. The normalized spacial score (nSPS) is 10.2. The van der Waals surface area contributed by atoms with Crippen molar-refractivity contribution in [2.45, 2.75) is 20.4 Å². The van der Waals surface area contributed by atoms with Gasteiger partial charge in [-0.2, -0.15) is 4.98 Å². The van der Waals surface area contributed by atoms with E-state index < -0.39 is 0 Å². The van der Waals surface area contributed by atoms with Gasteiger partial charge in [0, 0.05) is 29.9 Å². The second kappa shape index (κ2) is 5.58. The summed E-state index contributed by atoms with van der Waals surface area (Å²) in [5.41, 5.74) is 1.03. The highest BCUT2D eigenvalue weighted by Gasteiger charge is 2.03. The molecular formula is C11H15N5S. The van der Waals surface area contributed by atoms with Gasteiger partial charge in [-0.25, -0.2) is 9.97 Å². The van der Waals surface area contributed by atoms with Crippen LogP contribution in [0.3, 0.4) is 0 Å². The standard InChI is InChI=1S/C11H15N5S/c1-3-12-11-15-6-8(2)10(16-11)14-7-9-13-4-5-17-9/h4-6H,3,7H2,1-2H3,(H2,12,14,15,16). The van der Waals surface area contributed by atoms with Gasteiger partial charge in [0.15, 0.2) is 0 Å². The number of rotatable bonds is 5. The fourth-order valence-electron chi connectivity index (χ4n) is 1.36. The molecule has 0 unspecified atom stereocenters. The number of hydrogen-bond donors (Lipinski definition) is 2. The van der Waals surface area contributed by atoms with Gasteiger partial charge in [0.2, 0.25) is 5.95 Å². The third-order valence-electron chi connectivity index (χ3n) is 2.20. The van der Waals surface area contributed by atoms with Crippen LogP contribution in [0.15, 0.2) is 17.8 Å². The van der Waals surface area contributed by atoms with Gasteiger partial charge in [-0.05, 0) is 13.8 Å². The zero-order valence-electron chi connectivity index (χ0n) is 9.90. The van der Waals surface area contributed by atoms with Crippen molar-refractivity contribution in [3.63, 3.8) is 0 Å². The molecule has 17 heavy (non-hydrogen) atoms. The summed E-state index contributed by atoms with van der Waals surface area (Å²) in [6, 6.07) is 0. The highest BCUT2D eigenvalue weighted by atomic mass is 32.1. The molecule has 0 radical (unpaired) electrons. The summed E-state index contributed by atoms with van der Waals surface area (Å²) in [6.45, 7) is 5.52. The van der Waals surface area contributed by atoms with Gasteiger partial charge in [0.25, 0.3) is 0 Å². The van der Waals surface area contributed by atoms with Crippen LogP contribution in [0.2, 0.25) is 0 Å². The number of aromatic nitrogens is 3. The van der Waals surface area contributed by atoms with Crippen molar-refractivity contribution in [1.82, 2.24) is 15.0 Å². The molecule has 0 amide bonds. The lowest BCUT2D eigenvalue weighted by atomic mass is 10.3. The number of thiazole rings is 1. The van der Waals surface area contributed by atoms with Gasteiger partial charge in [-0.1, -0.05) is 0 Å². The van der Waals surface area contributed by atoms with E-state index >= 15 is 0 Å². The Bertz CT molecular complexity index is 469. The Hall–Kier alpha value is -1.69. The van der Waals surface area contributed by atoms with Crippen LogP contribution in [0.5, 0.6) is 0 Å². The van der Waals surface area contributed by atoms with Crippen molar-refractivity contribution in [2.24, 2.45) is 0 Å². The first-order valence-corrected chi connectivity index (χ1v) is 6.37. The van der Waals surface area contributed by atoms with Crippen LogP contribution >= 0.6 is 11.3 Å². The lowest BCUT2D eigenvalue weighted by Crippen LogP contribution is -2.07. The molecular weight excluding hydrogens is 234 g/mol. The van der Waals surface area contributed by atoms with E-state index in [-0.39, 0.29) is 0 Å². The van der Waals surface area contributed by atoms with Crippen LogP contribution in [0.4, 0.5) is 11.8 Å². The number of aryl methyl sites for hydroxylation is 1. The van der Waals surface area contributed by atoms with Crippen LogP contribution in [0.1, 0.15) is 17.5 Å². The second-order valence-corrected chi connectivity index (χ2v) is 4.51. The molecule has 0 aliphatic heterocycles. The van der Waals surface area contributed by atoms with Gasteiger partial charge in [-0.15, -0.1) is 11.3 Å². The topological polar surface area (TPSA) is 62.7 Å². The molecule has 0 aliphatic carbocycles. The number of hydrogen-bond acceptors (Lipinski definition) is 6. The summed E-state index contributed by atoms with van der Waals surface area (Å²) in [7, 11) is 0. The fourth-order valence-corrected chi connectivity index (χ4v) is 1.92. The molecule has 0 spiro atoms. The minimum atomic E-state index is 0.653. The third kappa shape index (κ3) is 3.13. The molecule has 90 valence electrons. The van der Waals surface area contributed by atoms with Gasteiger partial charge in [0.1, 0.15) is 10.8 Å². The van der Waals surface area contributed by atoms with E-state index in [2.05, 4.69) is 25.6 Å². The number of nitrogens with zero attached hydrogens (tertiary/aromatic N) is 3. The summed E-state index contributed by atoms with van der Waals surface area (Å²) in [5.74, 6) is 1.51. The molecule has 0 aliphatic rings. The van der Waals surface area contributed by atoms with E-state index in [4.69, 9.17) is 0 Å². The predicted molar refractivity (Wildman–Crippen MR) is 70.4 cm³/mol. The van der Waals surface area contributed by atoms with Gasteiger partial charge in [0.05, 0.1) is 6.54 Å². The molecule has 0 bridgehead atoms. The summed E-state index contributed by atoms with van der Waals surface area (Å²) in [6.07, 6.45) is 3.62. The van der Waals surface area contributed by atoms with Crippen LogP contribution in [0.25, 0.3) is 0 Å². The maximum atomic E-state index is 4.40. The molecule has 0 aromatic carbocycles. The summed E-state index contributed by atoms with van der Waals surface area (Å²) in [4.78, 5) is 12.8. The Labute approximate surface area is 104 Å². The third-order valence-corrected chi connectivity index (χ3v) is 2.98. The van der Waals surface area contributed by atoms with E-state index in [0.29, 0.717) is 12.5 Å². The maximum absolute atomic E-state index is 4.40. The number of anilines is 2. The predicted octanol–water partition coefficient (Wildman–Crippen LogP) is 2.29. The van der Waals surface area contributed by atoms with Crippen molar-refractivity contribution >= 4 is 23.1 Å². The Morgan fingerprint density at radius 1 is 1.29 bits per heavy atom. The Kier molecular flexibility index (Phi) is 3.87. The summed E-state index contributed by atoms with van der Waals surface area (Å²) in [5, 5.41) is 9.38. The molecule has 0 atom stereocenters. The largest absolute Gasteiger partial charge is 0.363 e. The second-order valence-electron chi connectivity index (χ2n) is 3.53. The van der Waals surface area contributed by atoms with E-state index in [1.807, 2.05) is 25.4 Å². The van der Waals surface area contributed by atoms with Crippen LogP contribution < -0.4 is 10.6 Å². The van der Waals surface area contributed by atoms with Gasteiger partial charge >= 0.3 is 0 Å². The average Bonchev–Trinajstić information content (AvgIpc) is 2.83. The highest BCUT2D eigenvalue weighted by molar-refractivity contribution is 7.09. The summed E-state index contributed by atoms with van der Waals surface area (Å²) < 4.78 is 0. The van der Waals surface area contributed by atoms with E-state index in [1.54, 1.807) is 17.5 Å². The molecule has 2 aromatic heterocycles. The Morgan fingerprint density at radius 2 is 2.18 bits per heavy atom. The van der Waals surface area contributed by atoms with E-state index in [0.717, 1.165) is 22.9 Å². The highest BCUT2D eigenvalue weighted by Crippen LogP contribution is 2.14. The van der Waals surface area contributed by atoms with Crippen molar-refractivity contribution < 1.29 is 0 Å². The quantitative estimate of drug-likeness (QED) is 0.851. The average molecular weight is 249 g/mol. The SMILES string of the molecule is CCNc1ncc(C)c(NCc2nccs2)n1.